The van der Waals surface area contributed by atoms with E-state index in [9.17, 15) is 9.18 Å². The monoisotopic (exact) mass is 338 g/mol. The maximum atomic E-state index is 13.8. The smallest absolute Gasteiger partial charge is 0.409 e. The number of carbonyl (C=O) groups excluding carboxylic acids is 1. The third kappa shape index (κ3) is 5.37. The van der Waals surface area contributed by atoms with Crippen LogP contribution in [-0.4, -0.2) is 55.8 Å². The zero-order valence-electron chi connectivity index (χ0n) is 14.8. The summed E-state index contributed by atoms with van der Waals surface area (Å²) in [7, 11) is 1.46. The third-order valence-electron chi connectivity index (χ3n) is 4.01. The van der Waals surface area contributed by atoms with E-state index >= 15 is 0 Å². The van der Waals surface area contributed by atoms with Crippen LogP contribution in [0.25, 0.3) is 0 Å². The normalized spacial score (nSPS) is 16.1. The lowest BCUT2D eigenvalue weighted by Gasteiger charge is -2.22. The van der Waals surface area contributed by atoms with Gasteiger partial charge in [0.2, 0.25) is 0 Å². The minimum Gasteiger partial charge on any atom is -0.494 e. The highest BCUT2D eigenvalue weighted by Crippen LogP contribution is 2.19. The first-order valence-corrected chi connectivity index (χ1v) is 8.46. The summed E-state index contributed by atoms with van der Waals surface area (Å²) in [5, 5.41) is 0. The summed E-state index contributed by atoms with van der Waals surface area (Å²) in [6.45, 7) is 8.11. The second kappa shape index (κ2) is 8.87. The van der Waals surface area contributed by atoms with Crippen molar-refractivity contribution in [3.05, 3.63) is 29.6 Å². The molecule has 0 atom stereocenters. The fourth-order valence-corrected chi connectivity index (χ4v) is 2.71. The molecule has 5 nitrogen and oxygen atoms in total. The van der Waals surface area contributed by atoms with Crippen molar-refractivity contribution in [2.45, 2.75) is 26.8 Å². The van der Waals surface area contributed by atoms with Gasteiger partial charge in [-0.2, -0.15) is 0 Å². The molecule has 0 bridgehead atoms. The highest BCUT2D eigenvalue weighted by atomic mass is 19.1. The van der Waals surface area contributed by atoms with E-state index in [1.807, 2.05) is 19.9 Å². The molecular formula is C18H27FN2O3. The van der Waals surface area contributed by atoms with Gasteiger partial charge in [-0.25, -0.2) is 9.18 Å². The molecule has 24 heavy (non-hydrogen) atoms. The van der Waals surface area contributed by atoms with Crippen LogP contribution in [0.5, 0.6) is 5.75 Å². The fourth-order valence-electron chi connectivity index (χ4n) is 2.71. The van der Waals surface area contributed by atoms with Gasteiger partial charge < -0.3 is 14.4 Å². The molecule has 1 aliphatic rings. The lowest BCUT2D eigenvalue weighted by Crippen LogP contribution is -2.36. The molecular weight excluding hydrogens is 311 g/mol. The Morgan fingerprint density at radius 2 is 2.04 bits per heavy atom. The average Bonchev–Trinajstić information content (AvgIpc) is 2.78. The molecule has 1 aromatic carbocycles. The van der Waals surface area contributed by atoms with Crippen LogP contribution in [-0.2, 0) is 11.3 Å². The summed E-state index contributed by atoms with van der Waals surface area (Å²) >= 11 is 0. The van der Waals surface area contributed by atoms with Crippen molar-refractivity contribution in [3.8, 4) is 5.75 Å². The van der Waals surface area contributed by atoms with Crippen molar-refractivity contribution in [3.63, 3.8) is 0 Å². The van der Waals surface area contributed by atoms with Crippen LogP contribution in [0.15, 0.2) is 18.2 Å². The van der Waals surface area contributed by atoms with Crippen LogP contribution in [0.3, 0.4) is 0 Å². The Labute approximate surface area is 143 Å². The van der Waals surface area contributed by atoms with E-state index in [0.29, 0.717) is 32.2 Å². The maximum absolute atomic E-state index is 13.8. The number of hydrogen-bond donors (Lipinski definition) is 0. The van der Waals surface area contributed by atoms with Gasteiger partial charge in [-0.1, -0.05) is 19.9 Å². The van der Waals surface area contributed by atoms with Crippen molar-refractivity contribution in [1.82, 2.24) is 9.80 Å². The summed E-state index contributed by atoms with van der Waals surface area (Å²) in [5.74, 6) is 0.250. The Kier molecular flexibility index (Phi) is 6.85. The molecule has 0 saturated carbocycles. The van der Waals surface area contributed by atoms with Gasteiger partial charge in [0.05, 0.1) is 13.7 Å². The second-order valence-electron chi connectivity index (χ2n) is 6.56. The van der Waals surface area contributed by atoms with Gasteiger partial charge in [-0.15, -0.1) is 0 Å². The van der Waals surface area contributed by atoms with Crippen molar-refractivity contribution in [2.24, 2.45) is 5.92 Å². The largest absolute Gasteiger partial charge is 0.494 e. The highest BCUT2D eigenvalue weighted by Gasteiger charge is 2.20. The minimum atomic E-state index is -0.344. The zero-order chi connectivity index (χ0) is 17.5. The first kappa shape index (κ1) is 18.5. The van der Waals surface area contributed by atoms with Crippen LogP contribution in [0, 0.1) is 11.7 Å². The molecule has 0 spiro atoms. The molecule has 2 rings (SSSR count). The van der Waals surface area contributed by atoms with Gasteiger partial charge in [-0.3, -0.25) is 4.90 Å². The number of methoxy groups -OCH3 is 1. The molecule has 0 radical (unpaired) electrons. The summed E-state index contributed by atoms with van der Waals surface area (Å²) in [4.78, 5) is 16.1. The third-order valence-corrected chi connectivity index (χ3v) is 4.01. The molecule has 6 heteroatoms. The zero-order valence-corrected chi connectivity index (χ0v) is 14.8. The Morgan fingerprint density at radius 1 is 1.25 bits per heavy atom. The standard InChI is InChI=1S/C18H27FN2O3/c1-14(2)13-24-18(22)21-8-4-7-20(9-10-21)12-15-5-6-17(23-3)16(19)11-15/h5-6,11,14H,4,7-10,12-13H2,1-3H3. The summed E-state index contributed by atoms with van der Waals surface area (Å²) in [5.41, 5.74) is 0.907. The van der Waals surface area contributed by atoms with Crippen molar-refractivity contribution >= 4 is 6.09 Å². The van der Waals surface area contributed by atoms with E-state index in [0.717, 1.165) is 25.1 Å². The number of carbonyl (C=O) groups is 1. The van der Waals surface area contributed by atoms with E-state index < -0.39 is 0 Å². The molecule has 1 heterocycles. The van der Waals surface area contributed by atoms with Gasteiger partial charge in [0.25, 0.3) is 0 Å². The van der Waals surface area contributed by atoms with Crippen molar-refractivity contribution < 1.29 is 18.7 Å². The fraction of sp³-hybridized carbons (Fsp3) is 0.611. The molecule has 0 aliphatic carbocycles. The number of rotatable bonds is 5. The number of amides is 1. The number of ether oxygens (including phenoxy) is 2. The van der Waals surface area contributed by atoms with Gasteiger partial charge in [-0.05, 0) is 30.0 Å². The maximum Gasteiger partial charge on any atom is 0.409 e. The molecule has 0 unspecified atom stereocenters. The van der Waals surface area contributed by atoms with Crippen LogP contribution in [0.2, 0.25) is 0 Å². The topological polar surface area (TPSA) is 42.0 Å². The number of halogens is 1. The SMILES string of the molecule is COc1ccc(CN2CCCN(C(=O)OCC(C)C)CC2)cc1F. The molecule has 1 fully saturated rings. The molecule has 0 aromatic heterocycles. The quantitative estimate of drug-likeness (QED) is 0.827. The van der Waals surface area contributed by atoms with E-state index in [4.69, 9.17) is 9.47 Å². The summed E-state index contributed by atoms with van der Waals surface area (Å²) in [6, 6.07) is 5.04. The highest BCUT2D eigenvalue weighted by molar-refractivity contribution is 5.67. The molecule has 134 valence electrons. The summed E-state index contributed by atoms with van der Waals surface area (Å²) in [6.07, 6.45) is 0.649. The van der Waals surface area contributed by atoms with Crippen LogP contribution in [0.4, 0.5) is 9.18 Å². The lowest BCUT2D eigenvalue weighted by atomic mass is 10.2. The minimum absolute atomic E-state index is 0.235. The van der Waals surface area contributed by atoms with E-state index in [1.54, 1.807) is 11.0 Å². The molecule has 0 N–H and O–H groups in total. The summed E-state index contributed by atoms with van der Waals surface area (Å²) < 4.78 is 24.0. The van der Waals surface area contributed by atoms with Gasteiger partial charge in [0, 0.05) is 32.7 Å². The van der Waals surface area contributed by atoms with Gasteiger partial charge >= 0.3 is 6.09 Å². The van der Waals surface area contributed by atoms with E-state index in [-0.39, 0.29) is 17.7 Å². The van der Waals surface area contributed by atoms with Gasteiger partial charge in [0.1, 0.15) is 0 Å². The Bertz CT molecular complexity index is 551. The first-order chi connectivity index (χ1) is 11.5. The molecule has 1 saturated heterocycles. The Balaban J connectivity index is 1.86. The lowest BCUT2D eigenvalue weighted by molar-refractivity contribution is 0.0930. The predicted molar refractivity (Wildman–Crippen MR) is 90.6 cm³/mol. The Hall–Kier alpha value is -1.82. The van der Waals surface area contributed by atoms with Crippen molar-refractivity contribution in [2.75, 3.05) is 39.9 Å². The molecule has 1 amide bonds. The second-order valence-corrected chi connectivity index (χ2v) is 6.56. The molecule has 1 aliphatic heterocycles. The number of hydrogen-bond acceptors (Lipinski definition) is 4. The average molecular weight is 338 g/mol. The van der Waals surface area contributed by atoms with Crippen LogP contribution >= 0.6 is 0 Å². The van der Waals surface area contributed by atoms with E-state index in [1.165, 1.54) is 13.2 Å². The first-order valence-electron chi connectivity index (χ1n) is 8.46. The van der Waals surface area contributed by atoms with Crippen LogP contribution < -0.4 is 4.74 Å². The number of nitrogens with zero attached hydrogens (tertiary/aromatic N) is 2. The number of benzene rings is 1. The van der Waals surface area contributed by atoms with Gasteiger partial charge in [0.15, 0.2) is 11.6 Å². The molecule has 1 aromatic rings. The van der Waals surface area contributed by atoms with Crippen molar-refractivity contribution in [1.29, 1.82) is 0 Å². The Morgan fingerprint density at radius 3 is 2.71 bits per heavy atom. The van der Waals surface area contributed by atoms with Crippen LogP contribution in [0.1, 0.15) is 25.8 Å². The predicted octanol–water partition coefficient (Wildman–Crippen LogP) is 3.13. The van der Waals surface area contributed by atoms with E-state index in [2.05, 4.69) is 4.90 Å².